The van der Waals surface area contributed by atoms with Gasteiger partial charge in [0.25, 0.3) is 11.8 Å². The first-order chi connectivity index (χ1) is 14.0. The van der Waals surface area contributed by atoms with Crippen molar-refractivity contribution in [2.45, 2.75) is 20.4 Å². The van der Waals surface area contributed by atoms with Crippen LogP contribution in [0.2, 0.25) is 0 Å². The lowest BCUT2D eigenvalue weighted by Crippen LogP contribution is -2.23. The van der Waals surface area contributed by atoms with Crippen LogP contribution in [0.4, 0.5) is 5.69 Å². The van der Waals surface area contributed by atoms with Crippen molar-refractivity contribution in [2.75, 3.05) is 12.4 Å². The maximum Gasteiger partial charge on any atom is 0.257 e. The van der Waals surface area contributed by atoms with E-state index in [4.69, 9.17) is 4.74 Å². The monoisotopic (exact) mass is 389 g/mol. The third kappa shape index (κ3) is 5.19. The van der Waals surface area contributed by atoms with Crippen molar-refractivity contribution in [2.24, 2.45) is 0 Å². The Bertz CT molecular complexity index is 1050. The molecule has 0 spiro atoms. The molecule has 0 atom stereocenters. The number of carbonyl (C=O) groups is 2. The van der Waals surface area contributed by atoms with Crippen molar-refractivity contribution < 1.29 is 14.3 Å². The standard InChI is InChI=1S/C23H23N3O3/c1-15-5-4-6-17(9-15)12-25-22(27)18-11-19(14-24-13-18)23(28)26-20-10-16(2)7-8-21(20)29-3/h4-11,13-14H,12H2,1-3H3,(H,25,27)(H,26,28). The second kappa shape index (κ2) is 9.01. The average Bonchev–Trinajstić information content (AvgIpc) is 2.72. The second-order valence-corrected chi connectivity index (χ2v) is 6.79. The molecule has 0 unspecified atom stereocenters. The lowest BCUT2D eigenvalue weighted by Gasteiger charge is -2.11. The molecular formula is C23H23N3O3. The second-order valence-electron chi connectivity index (χ2n) is 6.79. The Labute approximate surface area is 169 Å². The Morgan fingerprint density at radius 1 is 0.931 bits per heavy atom. The summed E-state index contributed by atoms with van der Waals surface area (Å²) in [5.41, 5.74) is 4.30. The third-order valence-corrected chi connectivity index (χ3v) is 4.40. The number of anilines is 1. The third-order valence-electron chi connectivity index (χ3n) is 4.40. The van der Waals surface area contributed by atoms with Crippen LogP contribution in [0, 0.1) is 13.8 Å². The fourth-order valence-corrected chi connectivity index (χ4v) is 2.91. The van der Waals surface area contributed by atoms with Gasteiger partial charge in [0.05, 0.1) is 23.9 Å². The maximum absolute atomic E-state index is 12.6. The number of carbonyl (C=O) groups excluding carboxylic acids is 2. The summed E-state index contributed by atoms with van der Waals surface area (Å²) in [6.45, 7) is 4.33. The number of hydrogen-bond donors (Lipinski definition) is 2. The summed E-state index contributed by atoms with van der Waals surface area (Å²) in [6, 6.07) is 14.9. The molecule has 0 saturated carbocycles. The van der Waals surface area contributed by atoms with Crippen LogP contribution < -0.4 is 15.4 Å². The average molecular weight is 389 g/mol. The van der Waals surface area contributed by atoms with Crippen molar-refractivity contribution in [3.05, 3.63) is 88.7 Å². The van der Waals surface area contributed by atoms with Gasteiger partial charge in [-0.1, -0.05) is 35.9 Å². The number of ether oxygens (including phenoxy) is 1. The minimum atomic E-state index is -0.366. The molecule has 6 nitrogen and oxygen atoms in total. The topological polar surface area (TPSA) is 80.3 Å². The molecule has 2 N–H and O–H groups in total. The summed E-state index contributed by atoms with van der Waals surface area (Å²) in [5, 5.41) is 5.67. The zero-order chi connectivity index (χ0) is 20.8. The predicted molar refractivity (Wildman–Crippen MR) is 112 cm³/mol. The molecule has 6 heteroatoms. The Balaban J connectivity index is 1.71. The number of pyridine rings is 1. The predicted octanol–water partition coefficient (Wildman–Crippen LogP) is 3.89. The molecule has 0 radical (unpaired) electrons. The smallest absolute Gasteiger partial charge is 0.257 e. The fraction of sp³-hybridized carbons (Fsp3) is 0.174. The first-order valence-electron chi connectivity index (χ1n) is 9.21. The van der Waals surface area contributed by atoms with E-state index < -0.39 is 0 Å². The normalized spacial score (nSPS) is 10.3. The number of methoxy groups -OCH3 is 1. The molecule has 0 aliphatic rings. The van der Waals surface area contributed by atoms with E-state index in [1.165, 1.54) is 18.5 Å². The van der Waals surface area contributed by atoms with E-state index in [0.717, 1.165) is 16.7 Å². The number of rotatable bonds is 6. The number of aromatic nitrogens is 1. The number of benzene rings is 2. The van der Waals surface area contributed by atoms with Crippen molar-refractivity contribution in [3.63, 3.8) is 0 Å². The summed E-state index contributed by atoms with van der Waals surface area (Å²) in [4.78, 5) is 29.2. The number of hydrogen-bond acceptors (Lipinski definition) is 4. The van der Waals surface area contributed by atoms with Gasteiger partial charge in [0, 0.05) is 18.9 Å². The highest BCUT2D eigenvalue weighted by atomic mass is 16.5. The molecule has 1 aromatic heterocycles. The molecule has 0 fully saturated rings. The first-order valence-corrected chi connectivity index (χ1v) is 9.21. The molecule has 3 rings (SSSR count). The summed E-state index contributed by atoms with van der Waals surface area (Å²) in [7, 11) is 1.54. The zero-order valence-corrected chi connectivity index (χ0v) is 16.7. The van der Waals surface area contributed by atoms with Crippen LogP contribution >= 0.6 is 0 Å². The summed E-state index contributed by atoms with van der Waals surface area (Å²) >= 11 is 0. The van der Waals surface area contributed by atoms with Gasteiger partial charge in [-0.2, -0.15) is 0 Å². The number of nitrogens with zero attached hydrogens (tertiary/aromatic N) is 1. The lowest BCUT2D eigenvalue weighted by atomic mass is 10.1. The number of nitrogens with one attached hydrogen (secondary N) is 2. The van der Waals surface area contributed by atoms with Crippen LogP contribution in [0.5, 0.6) is 5.75 Å². The van der Waals surface area contributed by atoms with E-state index in [-0.39, 0.29) is 17.4 Å². The maximum atomic E-state index is 12.6. The molecule has 2 aromatic carbocycles. The van der Waals surface area contributed by atoms with E-state index >= 15 is 0 Å². The van der Waals surface area contributed by atoms with Crippen LogP contribution in [0.15, 0.2) is 60.9 Å². The molecule has 0 aliphatic heterocycles. The van der Waals surface area contributed by atoms with Crippen LogP contribution in [0.25, 0.3) is 0 Å². The van der Waals surface area contributed by atoms with E-state index in [2.05, 4.69) is 15.6 Å². The number of amides is 2. The Morgan fingerprint density at radius 3 is 2.38 bits per heavy atom. The largest absolute Gasteiger partial charge is 0.495 e. The highest BCUT2D eigenvalue weighted by molar-refractivity contribution is 6.06. The van der Waals surface area contributed by atoms with Crippen LogP contribution in [0.3, 0.4) is 0 Å². The van der Waals surface area contributed by atoms with E-state index in [1.807, 2.05) is 50.2 Å². The Hall–Kier alpha value is -3.67. The Kier molecular flexibility index (Phi) is 6.24. The molecular weight excluding hydrogens is 366 g/mol. The van der Waals surface area contributed by atoms with E-state index in [9.17, 15) is 9.59 Å². The minimum absolute atomic E-state index is 0.289. The molecule has 1 heterocycles. The van der Waals surface area contributed by atoms with Gasteiger partial charge < -0.3 is 15.4 Å². The van der Waals surface area contributed by atoms with E-state index in [0.29, 0.717) is 23.5 Å². The van der Waals surface area contributed by atoms with Crippen LogP contribution in [-0.4, -0.2) is 23.9 Å². The highest BCUT2D eigenvalue weighted by Crippen LogP contribution is 2.25. The van der Waals surface area contributed by atoms with Gasteiger partial charge in [-0.15, -0.1) is 0 Å². The van der Waals surface area contributed by atoms with Crippen molar-refractivity contribution >= 4 is 17.5 Å². The number of aryl methyl sites for hydroxylation is 2. The quantitative estimate of drug-likeness (QED) is 0.670. The van der Waals surface area contributed by atoms with Gasteiger partial charge in [0.2, 0.25) is 0 Å². The van der Waals surface area contributed by atoms with Crippen molar-refractivity contribution in [1.82, 2.24) is 10.3 Å². The van der Waals surface area contributed by atoms with Gasteiger partial charge in [-0.25, -0.2) is 0 Å². The molecule has 0 saturated heterocycles. The van der Waals surface area contributed by atoms with Crippen molar-refractivity contribution in [3.8, 4) is 5.75 Å². The van der Waals surface area contributed by atoms with Crippen molar-refractivity contribution in [1.29, 1.82) is 0 Å². The van der Waals surface area contributed by atoms with Gasteiger partial charge in [0.1, 0.15) is 5.75 Å². The molecule has 148 valence electrons. The highest BCUT2D eigenvalue weighted by Gasteiger charge is 2.13. The molecule has 2 amide bonds. The van der Waals surface area contributed by atoms with Gasteiger partial charge in [-0.3, -0.25) is 14.6 Å². The first kappa shape index (κ1) is 20.1. The van der Waals surface area contributed by atoms with Crippen LogP contribution in [-0.2, 0) is 6.54 Å². The lowest BCUT2D eigenvalue weighted by molar-refractivity contribution is 0.0950. The van der Waals surface area contributed by atoms with Crippen LogP contribution in [0.1, 0.15) is 37.4 Å². The fourth-order valence-electron chi connectivity index (χ4n) is 2.91. The molecule has 3 aromatic rings. The summed E-state index contributed by atoms with van der Waals surface area (Å²) in [5.74, 6) is -0.0968. The molecule has 29 heavy (non-hydrogen) atoms. The molecule has 0 aliphatic carbocycles. The van der Waals surface area contributed by atoms with Gasteiger partial charge in [-0.05, 0) is 43.2 Å². The van der Waals surface area contributed by atoms with Gasteiger partial charge in [0.15, 0.2) is 0 Å². The molecule has 0 bridgehead atoms. The minimum Gasteiger partial charge on any atom is -0.495 e. The zero-order valence-electron chi connectivity index (χ0n) is 16.7. The Morgan fingerprint density at radius 2 is 1.66 bits per heavy atom. The summed E-state index contributed by atoms with van der Waals surface area (Å²) in [6.07, 6.45) is 2.87. The SMILES string of the molecule is COc1ccc(C)cc1NC(=O)c1cncc(C(=O)NCc2cccc(C)c2)c1. The van der Waals surface area contributed by atoms with E-state index in [1.54, 1.807) is 13.2 Å². The van der Waals surface area contributed by atoms with Gasteiger partial charge >= 0.3 is 0 Å². The summed E-state index contributed by atoms with van der Waals surface area (Å²) < 4.78 is 5.29.